The maximum Gasteiger partial charge on any atom is 0.326 e. The zero-order valence-electron chi connectivity index (χ0n) is 8.33. The molecule has 0 aromatic heterocycles. The van der Waals surface area contributed by atoms with Gasteiger partial charge in [0.15, 0.2) is 0 Å². The van der Waals surface area contributed by atoms with Gasteiger partial charge in [0.1, 0.15) is 6.04 Å². The fourth-order valence-corrected chi connectivity index (χ4v) is 1.36. The second kappa shape index (κ2) is 5.56. The second-order valence-corrected chi connectivity index (χ2v) is 3.09. The van der Waals surface area contributed by atoms with Crippen LogP contribution >= 0.6 is 0 Å². The van der Waals surface area contributed by atoms with Crippen LogP contribution in [0.3, 0.4) is 0 Å². The molecule has 0 fully saturated rings. The molecular weight excluding hydrogens is 170 g/mol. The highest BCUT2D eigenvalue weighted by Crippen LogP contribution is 2.13. The molecule has 0 saturated carbocycles. The lowest BCUT2D eigenvalue weighted by molar-refractivity contribution is -0.143. The number of aliphatic carboxylic acids is 1. The highest BCUT2D eigenvalue weighted by atomic mass is 16.4. The average Bonchev–Trinajstić information content (AvgIpc) is 2.04. The molecule has 0 aliphatic carbocycles. The van der Waals surface area contributed by atoms with Gasteiger partial charge in [0, 0.05) is 6.92 Å². The molecule has 1 atom stereocenters. The van der Waals surface area contributed by atoms with Gasteiger partial charge in [-0.25, -0.2) is 4.79 Å². The number of carboxylic acid groups (broad SMARTS) is 1. The zero-order chi connectivity index (χ0) is 10.4. The van der Waals surface area contributed by atoms with Gasteiger partial charge in [-0.2, -0.15) is 0 Å². The minimum atomic E-state index is -0.955. The van der Waals surface area contributed by atoms with Crippen molar-refractivity contribution in [3.05, 3.63) is 0 Å². The van der Waals surface area contributed by atoms with Crippen molar-refractivity contribution in [1.29, 1.82) is 0 Å². The Labute approximate surface area is 78.3 Å². The molecule has 0 aliphatic rings. The molecule has 0 bridgehead atoms. The van der Waals surface area contributed by atoms with Crippen LogP contribution in [0.25, 0.3) is 0 Å². The summed E-state index contributed by atoms with van der Waals surface area (Å²) in [6.07, 6.45) is 1.52. The Morgan fingerprint density at radius 2 is 1.77 bits per heavy atom. The molecule has 0 spiro atoms. The lowest BCUT2D eigenvalue weighted by atomic mass is 9.94. The Balaban J connectivity index is 4.38. The molecule has 0 unspecified atom stereocenters. The Bertz CT molecular complexity index is 187. The van der Waals surface area contributed by atoms with E-state index in [4.69, 9.17) is 5.11 Å². The van der Waals surface area contributed by atoms with Gasteiger partial charge in [-0.05, 0) is 5.92 Å². The Kier molecular flexibility index (Phi) is 5.11. The van der Waals surface area contributed by atoms with Crippen LogP contribution in [-0.2, 0) is 9.59 Å². The molecular formula is C9H17NO3. The molecule has 0 aromatic rings. The largest absolute Gasteiger partial charge is 0.480 e. The molecule has 13 heavy (non-hydrogen) atoms. The van der Waals surface area contributed by atoms with Gasteiger partial charge in [-0.1, -0.05) is 26.7 Å². The van der Waals surface area contributed by atoms with Gasteiger partial charge in [-0.15, -0.1) is 0 Å². The molecule has 4 nitrogen and oxygen atoms in total. The van der Waals surface area contributed by atoms with E-state index >= 15 is 0 Å². The maximum absolute atomic E-state index is 10.8. The molecule has 0 rings (SSSR count). The topological polar surface area (TPSA) is 66.4 Å². The standard InChI is InChI=1S/C9H17NO3/c1-4-7(5-2)8(9(12)13)10-6(3)11/h7-8H,4-5H2,1-3H3,(H,10,11)(H,12,13)/t8-/m1/s1. The van der Waals surface area contributed by atoms with Crippen LogP contribution in [0.1, 0.15) is 33.6 Å². The van der Waals surface area contributed by atoms with Crippen molar-refractivity contribution in [3.63, 3.8) is 0 Å². The molecule has 76 valence electrons. The van der Waals surface area contributed by atoms with Crippen molar-refractivity contribution in [1.82, 2.24) is 5.32 Å². The number of amides is 1. The molecule has 0 aromatic carbocycles. The lowest BCUT2D eigenvalue weighted by Gasteiger charge is -2.21. The molecule has 0 radical (unpaired) electrons. The molecule has 0 aliphatic heterocycles. The second-order valence-electron chi connectivity index (χ2n) is 3.09. The van der Waals surface area contributed by atoms with E-state index in [1.165, 1.54) is 6.92 Å². The average molecular weight is 187 g/mol. The first-order valence-corrected chi connectivity index (χ1v) is 4.52. The summed E-state index contributed by atoms with van der Waals surface area (Å²) in [4.78, 5) is 21.5. The van der Waals surface area contributed by atoms with Crippen LogP contribution < -0.4 is 5.32 Å². The normalized spacial score (nSPS) is 12.6. The summed E-state index contributed by atoms with van der Waals surface area (Å²) in [6, 6.07) is -0.743. The van der Waals surface area contributed by atoms with E-state index in [0.29, 0.717) is 0 Å². The maximum atomic E-state index is 10.8. The monoisotopic (exact) mass is 187 g/mol. The fraction of sp³-hybridized carbons (Fsp3) is 0.778. The fourth-order valence-electron chi connectivity index (χ4n) is 1.36. The third-order valence-electron chi connectivity index (χ3n) is 2.14. The van der Waals surface area contributed by atoms with Crippen LogP contribution in [0.15, 0.2) is 0 Å². The predicted octanol–water partition coefficient (Wildman–Crippen LogP) is 1.01. The summed E-state index contributed by atoms with van der Waals surface area (Å²) in [5.41, 5.74) is 0. The number of carbonyl (C=O) groups excluding carboxylic acids is 1. The minimum absolute atomic E-state index is 0.0152. The quantitative estimate of drug-likeness (QED) is 0.675. The third-order valence-corrected chi connectivity index (χ3v) is 2.14. The van der Waals surface area contributed by atoms with Crippen LogP contribution in [0.5, 0.6) is 0 Å². The van der Waals surface area contributed by atoms with Crippen LogP contribution in [0, 0.1) is 5.92 Å². The van der Waals surface area contributed by atoms with Crippen LogP contribution in [-0.4, -0.2) is 23.0 Å². The van der Waals surface area contributed by atoms with E-state index in [-0.39, 0.29) is 11.8 Å². The minimum Gasteiger partial charge on any atom is -0.480 e. The summed E-state index contributed by atoms with van der Waals surface area (Å²) in [6.45, 7) is 5.18. The summed E-state index contributed by atoms with van der Waals surface area (Å²) in [5.74, 6) is -1.23. The van der Waals surface area contributed by atoms with Gasteiger partial charge < -0.3 is 10.4 Å². The van der Waals surface area contributed by atoms with Crippen molar-refractivity contribution in [2.45, 2.75) is 39.7 Å². The van der Waals surface area contributed by atoms with Crippen molar-refractivity contribution < 1.29 is 14.7 Å². The predicted molar refractivity (Wildman–Crippen MR) is 49.3 cm³/mol. The van der Waals surface area contributed by atoms with Crippen molar-refractivity contribution >= 4 is 11.9 Å². The molecule has 0 saturated heterocycles. The van der Waals surface area contributed by atoms with E-state index in [0.717, 1.165) is 12.8 Å². The zero-order valence-corrected chi connectivity index (χ0v) is 8.33. The Morgan fingerprint density at radius 3 is 2.00 bits per heavy atom. The number of hydrogen-bond donors (Lipinski definition) is 2. The van der Waals surface area contributed by atoms with Crippen molar-refractivity contribution in [3.8, 4) is 0 Å². The molecule has 4 heteroatoms. The molecule has 0 heterocycles. The van der Waals surface area contributed by atoms with E-state index < -0.39 is 12.0 Å². The summed E-state index contributed by atoms with van der Waals surface area (Å²) < 4.78 is 0. The summed E-state index contributed by atoms with van der Waals surface area (Å²) >= 11 is 0. The van der Waals surface area contributed by atoms with E-state index in [1.807, 2.05) is 13.8 Å². The van der Waals surface area contributed by atoms with Crippen molar-refractivity contribution in [2.75, 3.05) is 0 Å². The first-order valence-electron chi connectivity index (χ1n) is 4.52. The van der Waals surface area contributed by atoms with Crippen molar-refractivity contribution in [2.24, 2.45) is 5.92 Å². The highest BCUT2D eigenvalue weighted by molar-refractivity contribution is 5.82. The van der Waals surface area contributed by atoms with Gasteiger partial charge in [0.25, 0.3) is 0 Å². The Morgan fingerprint density at radius 1 is 1.31 bits per heavy atom. The molecule has 2 N–H and O–H groups in total. The first kappa shape index (κ1) is 11.9. The number of carboxylic acids is 1. The third kappa shape index (κ3) is 3.92. The number of nitrogens with one attached hydrogen (secondary N) is 1. The van der Waals surface area contributed by atoms with Gasteiger partial charge in [0.2, 0.25) is 5.91 Å². The number of rotatable bonds is 5. The Hall–Kier alpha value is -1.06. The lowest BCUT2D eigenvalue weighted by Crippen LogP contribution is -2.44. The molecule has 1 amide bonds. The number of carbonyl (C=O) groups is 2. The first-order chi connectivity index (χ1) is 6.02. The van der Waals surface area contributed by atoms with Crippen LogP contribution in [0.2, 0.25) is 0 Å². The van der Waals surface area contributed by atoms with Crippen LogP contribution in [0.4, 0.5) is 0 Å². The van der Waals surface area contributed by atoms with Gasteiger partial charge in [-0.3, -0.25) is 4.79 Å². The van der Waals surface area contributed by atoms with Gasteiger partial charge in [0.05, 0.1) is 0 Å². The van der Waals surface area contributed by atoms with Gasteiger partial charge >= 0.3 is 5.97 Å². The van der Waals surface area contributed by atoms with E-state index in [9.17, 15) is 9.59 Å². The van der Waals surface area contributed by atoms with E-state index in [2.05, 4.69) is 5.32 Å². The van der Waals surface area contributed by atoms with E-state index in [1.54, 1.807) is 0 Å². The smallest absolute Gasteiger partial charge is 0.326 e. The number of hydrogen-bond acceptors (Lipinski definition) is 2. The summed E-state index contributed by atoms with van der Waals surface area (Å²) in [5, 5.41) is 11.3. The SMILES string of the molecule is CCC(CC)[C@@H](NC(C)=O)C(=O)O. The summed E-state index contributed by atoms with van der Waals surface area (Å²) in [7, 11) is 0. The highest BCUT2D eigenvalue weighted by Gasteiger charge is 2.25.